The highest BCUT2D eigenvalue weighted by molar-refractivity contribution is 7.87. The second-order valence-electron chi connectivity index (χ2n) is 3.94. The third kappa shape index (κ3) is 2.04. The maximum absolute atomic E-state index is 11.4. The van der Waals surface area contributed by atoms with Crippen LogP contribution < -0.4 is 5.73 Å². The van der Waals surface area contributed by atoms with Gasteiger partial charge in [0, 0.05) is 6.42 Å². The lowest BCUT2D eigenvalue weighted by Crippen LogP contribution is -2.48. The van der Waals surface area contributed by atoms with E-state index >= 15 is 0 Å². The van der Waals surface area contributed by atoms with Gasteiger partial charge in [-0.05, 0) is 11.1 Å². The molecular weight excluding hydrogens is 238 g/mol. The van der Waals surface area contributed by atoms with Crippen molar-refractivity contribution >= 4 is 15.7 Å². The standard InChI is InChI=1S/C12H13NO3S/c13-12(17(14,15)16)9-5-4-8-11(12)10-6-2-1-3-7-10/h1-8H,9,13H2,(H,14,15,16). The van der Waals surface area contributed by atoms with Crippen molar-refractivity contribution < 1.29 is 13.0 Å². The number of benzene rings is 1. The van der Waals surface area contributed by atoms with Gasteiger partial charge in [-0.1, -0.05) is 48.6 Å². The molecule has 17 heavy (non-hydrogen) atoms. The fraction of sp³-hybridized carbons (Fsp3) is 0.167. The minimum Gasteiger partial charge on any atom is -0.307 e. The molecule has 90 valence electrons. The molecule has 4 nitrogen and oxygen atoms in total. The largest absolute Gasteiger partial charge is 0.307 e. The minimum absolute atomic E-state index is 0.0621. The summed E-state index contributed by atoms with van der Waals surface area (Å²) < 4.78 is 32.2. The SMILES string of the molecule is NC1(S(=O)(=O)O)CC=CC=C1c1ccccc1. The highest BCUT2D eigenvalue weighted by Gasteiger charge is 2.42. The van der Waals surface area contributed by atoms with E-state index in [-0.39, 0.29) is 6.42 Å². The van der Waals surface area contributed by atoms with E-state index in [9.17, 15) is 13.0 Å². The molecule has 0 radical (unpaired) electrons. The van der Waals surface area contributed by atoms with Crippen LogP contribution in [0.3, 0.4) is 0 Å². The Kier molecular flexibility index (Phi) is 2.91. The molecule has 1 aliphatic carbocycles. The molecule has 1 unspecified atom stereocenters. The smallest absolute Gasteiger partial charge is 0.288 e. The summed E-state index contributed by atoms with van der Waals surface area (Å²) in [7, 11) is -4.36. The zero-order chi connectivity index (χ0) is 12.5. The van der Waals surface area contributed by atoms with E-state index in [1.54, 1.807) is 42.5 Å². The first-order valence-electron chi connectivity index (χ1n) is 5.14. The van der Waals surface area contributed by atoms with Crippen LogP contribution in [0.25, 0.3) is 5.57 Å². The Labute approximate surface area is 100 Å². The normalized spacial score (nSPS) is 24.5. The highest BCUT2D eigenvalue weighted by atomic mass is 32.2. The first-order valence-corrected chi connectivity index (χ1v) is 6.58. The molecule has 3 N–H and O–H groups in total. The first kappa shape index (κ1) is 12.0. The molecule has 1 aliphatic rings. The lowest BCUT2D eigenvalue weighted by atomic mass is 9.92. The van der Waals surface area contributed by atoms with E-state index in [4.69, 9.17) is 5.73 Å². The molecule has 1 aromatic rings. The van der Waals surface area contributed by atoms with Crippen LogP contribution in [-0.2, 0) is 10.1 Å². The topological polar surface area (TPSA) is 80.4 Å². The van der Waals surface area contributed by atoms with Crippen LogP contribution >= 0.6 is 0 Å². The number of rotatable bonds is 2. The van der Waals surface area contributed by atoms with Crippen LogP contribution in [0.15, 0.2) is 48.6 Å². The lowest BCUT2D eigenvalue weighted by Gasteiger charge is -2.30. The molecule has 1 aromatic carbocycles. The van der Waals surface area contributed by atoms with Crippen molar-refractivity contribution in [1.29, 1.82) is 0 Å². The van der Waals surface area contributed by atoms with Crippen molar-refractivity contribution in [2.24, 2.45) is 5.73 Å². The summed E-state index contributed by atoms with van der Waals surface area (Å²) >= 11 is 0. The summed E-state index contributed by atoms with van der Waals surface area (Å²) in [6.07, 6.45) is 5.04. The van der Waals surface area contributed by atoms with Gasteiger partial charge in [0.2, 0.25) is 0 Å². The number of hydrogen-bond donors (Lipinski definition) is 2. The molecule has 0 bridgehead atoms. The molecule has 2 rings (SSSR count). The summed E-state index contributed by atoms with van der Waals surface area (Å²) in [6.45, 7) is 0. The van der Waals surface area contributed by atoms with Crippen LogP contribution in [0, 0.1) is 0 Å². The maximum Gasteiger partial charge on any atom is 0.288 e. The summed E-state index contributed by atoms with van der Waals surface area (Å²) in [4.78, 5) is -1.76. The Balaban J connectivity index is 2.58. The Morgan fingerprint density at radius 2 is 1.88 bits per heavy atom. The van der Waals surface area contributed by atoms with Gasteiger partial charge in [-0.2, -0.15) is 8.42 Å². The van der Waals surface area contributed by atoms with Crippen LogP contribution in [0.2, 0.25) is 0 Å². The summed E-state index contributed by atoms with van der Waals surface area (Å²) in [5.74, 6) is 0. The molecule has 0 saturated heterocycles. The van der Waals surface area contributed by atoms with Crippen molar-refractivity contribution in [2.75, 3.05) is 0 Å². The van der Waals surface area contributed by atoms with Gasteiger partial charge < -0.3 is 5.73 Å². The number of hydrogen-bond acceptors (Lipinski definition) is 3. The molecule has 5 heteroatoms. The van der Waals surface area contributed by atoms with E-state index in [0.29, 0.717) is 11.1 Å². The predicted molar refractivity (Wildman–Crippen MR) is 66.6 cm³/mol. The van der Waals surface area contributed by atoms with Gasteiger partial charge in [0.15, 0.2) is 4.87 Å². The minimum atomic E-state index is -4.36. The van der Waals surface area contributed by atoms with E-state index in [2.05, 4.69) is 0 Å². The molecule has 0 spiro atoms. The molecule has 0 aliphatic heterocycles. The Hall–Kier alpha value is -1.43. The summed E-state index contributed by atoms with van der Waals surface area (Å²) in [6, 6.07) is 8.93. The molecule has 1 atom stereocenters. The van der Waals surface area contributed by atoms with Gasteiger partial charge >= 0.3 is 0 Å². The van der Waals surface area contributed by atoms with Crippen LogP contribution in [0.5, 0.6) is 0 Å². The van der Waals surface area contributed by atoms with Gasteiger partial charge in [-0.15, -0.1) is 0 Å². The fourth-order valence-corrected chi connectivity index (χ4v) is 2.63. The second kappa shape index (κ2) is 4.10. The molecule has 0 heterocycles. The van der Waals surface area contributed by atoms with Crippen LogP contribution in [0.1, 0.15) is 12.0 Å². The van der Waals surface area contributed by atoms with Crippen molar-refractivity contribution in [2.45, 2.75) is 11.3 Å². The number of nitrogens with two attached hydrogens (primary N) is 1. The summed E-state index contributed by atoms with van der Waals surface area (Å²) in [5, 5.41) is 0. The van der Waals surface area contributed by atoms with Crippen molar-refractivity contribution in [3.05, 3.63) is 54.1 Å². The van der Waals surface area contributed by atoms with Crippen molar-refractivity contribution in [3.63, 3.8) is 0 Å². The van der Waals surface area contributed by atoms with Crippen molar-refractivity contribution in [3.8, 4) is 0 Å². The lowest BCUT2D eigenvalue weighted by molar-refractivity contribution is 0.451. The quantitative estimate of drug-likeness (QED) is 0.782. The molecule has 0 amide bonds. The maximum atomic E-state index is 11.4. The zero-order valence-electron chi connectivity index (χ0n) is 9.08. The third-order valence-electron chi connectivity index (χ3n) is 2.82. The van der Waals surface area contributed by atoms with Crippen molar-refractivity contribution in [1.82, 2.24) is 0 Å². The Bertz CT molecular complexity index is 575. The monoisotopic (exact) mass is 251 g/mol. The predicted octanol–water partition coefficient (Wildman–Crippen LogP) is 1.57. The summed E-state index contributed by atoms with van der Waals surface area (Å²) in [5.41, 5.74) is 6.95. The second-order valence-corrected chi connectivity index (χ2v) is 5.62. The Morgan fingerprint density at radius 3 is 2.47 bits per heavy atom. The molecule has 0 saturated carbocycles. The molecule has 0 aromatic heterocycles. The van der Waals surface area contributed by atoms with E-state index in [0.717, 1.165) is 0 Å². The van der Waals surface area contributed by atoms with E-state index in [1.165, 1.54) is 0 Å². The van der Waals surface area contributed by atoms with Gasteiger partial charge in [-0.25, -0.2) is 0 Å². The van der Waals surface area contributed by atoms with Gasteiger partial charge in [0.05, 0.1) is 0 Å². The average molecular weight is 251 g/mol. The highest BCUT2D eigenvalue weighted by Crippen LogP contribution is 2.34. The first-order chi connectivity index (χ1) is 7.95. The van der Waals surface area contributed by atoms with E-state index in [1.807, 2.05) is 6.07 Å². The third-order valence-corrected chi connectivity index (χ3v) is 4.13. The van der Waals surface area contributed by atoms with Gasteiger partial charge in [0.25, 0.3) is 10.1 Å². The molecular formula is C12H13NO3S. The van der Waals surface area contributed by atoms with Crippen LogP contribution in [-0.4, -0.2) is 17.8 Å². The fourth-order valence-electron chi connectivity index (χ4n) is 1.86. The average Bonchev–Trinajstić information content (AvgIpc) is 2.29. The number of allylic oxidation sites excluding steroid dienone is 2. The van der Waals surface area contributed by atoms with Crippen LogP contribution in [0.4, 0.5) is 0 Å². The molecule has 0 fully saturated rings. The van der Waals surface area contributed by atoms with Gasteiger partial charge in [-0.3, -0.25) is 4.55 Å². The zero-order valence-corrected chi connectivity index (χ0v) is 9.89. The van der Waals surface area contributed by atoms with E-state index < -0.39 is 15.0 Å². The Morgan fingerprint density at radius 1 is 1.24 bits per heavy atom. The van der Waals surface area contributed by atoms with Gasteiger partial charge in [0.1, 0.15) is 0 Å².